The van der Waals surface area contributed by atoms with Gasteiger partial charge in [0.25, 0.3) is 0 Å². The van der Waals surface area contributed by atoms with Crippen LogP contribution in [0.4, 0.5) is 0 Å². The Morgan fingerprint density at radius 3 is 2.85 bits per heavy atom. The van der Waals surface area contributed by atoms with Crippen molar-refractivity contribution < 1.29 is 14.3 Å². The number of esters is 1. The normalized spacial score (nSPS) is 30.2. The first kappa shape index (κ1) is 10.1. The second kappa shape index (κ2) is 4.30. The fourth-order valence-corrected chi connectivity index (χ4v) is 1.29. The van der Waals surface area contributed by atoms with E-state index in [1.54, 1.807) is 6.92 Å². The molecule has 13 heavy (non-hydrogen) atoms. The summed E-state index contributed by atoms with van der Waals surface area (Å²) in [5, 5.41) is 0. The zero-order chi connectivity index (χ0) is 9.84. The second-order valence-corrected chi connectivity index (χ2v) is 3.37. The van der Waals surface area contributed by atoms with Gasteiger partial charge in [-0.25, -0.2) is 4.79 Å². The molecule has 1 aliphatic rings. The van der Waals surface area contributed by atoms with Crippen LogP contribution >= 0.6 is 0 Å². The van der Waals surface area contributed by atoms with Gasteiger partial charge < -0.3 is 9.47 Å². The lowest BCUT2D eigenvalue weighted by atomic mass is 10.1. The van der Waals surface area contributed by atoms with Crippen molar-refractivity contribution in [3.8, 4) is 0 Å². The number of carbonyl (C=O) groups excluding carboxylic acids is 1. The van der Waals surface area contributed by atoms with Gasteiger partial charge in [0.1, 0.15) is 5.76 Å². The third-order valence-electron chi connectivity index (χ3n) is 2.23. The minimum absolute atomic E-state index is 0.209. The second-order valence-electron chi connectivity index (χ2n) is 3.37. The van der Waals surface area contributed by atoms with Crippen molar-refractivity contribution in [2.45, 2.75) is 33.3 Å². The lowest BCUT2D eigenvalue weighted by Crippen LogP contribution is -2.06. The zero-order valence-electron chi connectivity index (χ0n) is 8.37. The summed E-state index contributed by atoms with van der Waals surface area (Å²) >= 11 is 0. The lowest BCUT2D eigenvalue weighted by molar-refractivity contribution is -0.137. The summed E-state index contributed by atoms with van der Waals surface area (Å²) in [6.45, 7) is 6.32. The van der Waals surface area contributed by atoms with Crippen LogP contribution in [-0.2, 0) is 14.3 Å². The molecule has 0 saturated carbocycles. The van der Waals surface area contributed by atoms with E-state index >= 15 is 0 Å². The van der Waals surface area contributed by atoms with Crippen LogP contribution < -0.4 is 0 Å². The lowest BCUT2D eigenvalue weighted by Gasteiger charge is -2.06. The van der Waals surface area contributed by atoms with Gasteiger partial charge in [-0.05, 0) is 19.8 Å². The predicted molar refractivity (Wildman–Crippen MR) is 49.0 cm³/mol. The van der Waals surface area contributed by atoms with Gasteiger partial charge in [-0.3, -0.25) is 0 Å². The largest absolute Gasteiger partial charge is 0.494 e. The molecular formula is C10H16O3. The molecule has 74 valence electrons. The monoisotopic (exact) mass is 184 g/mol. The molecule has 1 saturated heterocycles. The van der Waals surface area contributed by atoms with Gasteiger partial charge in [-0.15, -0.1) is 0 Å². The maximum Gasteiger partial charge on any atom is 0.334 e. The van der Waals surface area contributed by atoms with Crippen molar-refractivity contribution in [2.24, 2.45) is 5.92 Å². The van der Waals surface area contributed by atoms with Crippen LogP contribution in [-0.4, -0.2) is 18.7 Å². The van der Waals surface area contributed by atoms with Gasteiger partial charge >= 0.3 is 5.97 Å². The van der Waals surface area contributed by atoms with Crippen LogP contribution in [0.5, 0.6) is 0 Å². The molecule has 1 rings (SSSR count). The molecule has 0 bridgehead atoms. The van der Waals surface area contributed by atoms with Gasteiger partial charge in [-0.1, -0.05) is 6.92 Å². The molecule has 0 aromatic rings. The van der Waals surface area contributed by atoms with E-state index in [0.29, 0.717) is 12.5 Å². The van der Waals surface area contributed by atoms with E-state index < -0.39 is 0 Å². The highest BCUT2D eigenvalue weighted by Gasteiger charge is 2.25. The van der Waals surface area contributed by atoms with Crippen LogP contribution in [0, 0.1) is 5.92 Å². The molecule has 0 aromatic carbocycles. The standard InChI is InChI=1S/C10H16O3/c1-4-12-10(11)6-9-5-7(2)8(3)13-9/h6-8H,4-5H2,1-3H3/b9-6+/t7-,8+/m1/s1. The summed E-state index contributed by atoms with van der Waals surface area (Å²) in [5.74, 6) is 0.929. The smallest absolute Gasteiger partial charge is 0.334 e. The fraction of sp³-hybridized carbons (Fsp3) is 0.700. The average molecular weight is 184 g/mol. The van der Waals surface area contributed by atoms with E-state index in [1.807, 2.05) is 6.92 Å². The van der Waals surface area contributed by atoms with Gasteiger partial charge in [-0.2, -0.15) is 0 Å². The Labute approximate surface area is 78.7 Å². The van der Waals surface area contributed by atoms with E-state index in [1.165, 1.54) is 6.08 Å². The van der Waals surface area contributed by atoms with E-state index in [0.717, 1.165) is 12.2 Å². The molecule has 0 amide bonds. The van der Waals surface area contributed by atoms with Crippen molar-refractivity contribution in [1.82, 2.24) is 0 Å². The molecule has 1 heterocycles. The average Bonchev–Trinajstić information content (AvgIpc) is 2.31. The summed E-state index contributed by atoms with van der Waals surface area (Å²) in [6.07, 6.45) is 2.49. The zero-order valence-corrected chi connectivity index (χ0v) is 8.37. The highest BCUT2D eigenvalue weighted by Crippen LogP contribution is 2.28. The van der Waals surface area contributed by atoms with Crippen LogP contribution in [0.2, 0.25) is 0 Å². The van der Waals surface area contributed by atoms with Crippen molar-refractivity contribution in [3.63, 3.8) is 0 Å². The van der Waals surface area contributed by atoms with Crippen molar-refractivity contribution in [3.05, 3.63) is 11.8 Å². The number of carbonyl (C=O) groups is 1. The molecule has 0 unspecified atom stereocenters. The Balaban J connectivity index is 2.49. The molecule has 0 aromatic heterocycles. The highest BCUT2D eigenvalue weighted by atomic mass is 16.5. The Hall–Kier alpha value is -0.990. The minimum Gasteiger partial charge on any atom is -0.494 e. The molecule has 0 radical (unpaired) electrons. The first-order valence-corrected chi connectivity index (χ1v) is 4.67. The van der Waals surface area contributed by atoms with Crippen LogP contribution in [0.15, 0.2) is 11.8 Å². The van der Waals surface area contributed by atoms with Crippen molar-refractivity contribution in [2.75, 3.05) is 6.61 Å². The van der Waals surface area contributed by atoms with Gasteiger partial charge in [0.05, 0.1) is 18.8 Å². The van der Waals surface area contributed by atoms with E-state index in [4.69, 9.17) is 9.47 Å². The molecule has 0 spiro atoms. The quantitative estimate of drug-likeness (QED) is 0.485. The molecule has 2 atom stereocenters. The molecule has 1 aliphatic heterocycles. The predicted octanol–water partition coefficient (Wildman–Crippen LogP) is 1.88. The SMILES string of the molecule is CCOC(=O)/C=C1\C[C@@H](C)[C@H](C)O1. The van der Waals surface area contributed by atoms with E-state index in [2.05, 4.69) is 6.92 Å². The summed E-state index contributed by atoms with van der Waals surface area (Å²) in [4.78, 5) is 11.0. The maximum absolute atomic E-state index is 11.0. The number of ether oxygens (including phenoxy) is 2. The van der Waals surface area contributed by atoms with Crippen LogP contribution in [0.1, 0.15) is 27.2 Å². The number of hydrogen-bond acceptors (Lipinski definition) is 3. The molecule has 3 heteroatoms. The van der Waals surface area contributed by atoms with Gasteiger partial charge in [0.15, 0.2) is 0 Å². The first-order valence-electron chi connectivity index (χ1n) is 4.67. The summed E-state index contributed by atoms with van der Waals surface area (Å²) in [6, 6.07) is 0. The van der Waals surface area contributed by atoms with Crippen LogP contribution in [0.3, 0.4) is 0 Å². The fourth-order valence-electron chi connectivity index (χ4n) is 1.29. The summed E-state index contributed by atoms with van der Waals surface area (Å²) < 4.78 is 10.2. The third kappa shape index (κ3) is 2.76. The summed E-state index contributed by atoms with van der Waals surface area (Å²) in [7, 11) is 0. The third-order valence-corrected chi connectivity index (χ3v) is 2.23. The topological polar surface area (TPSA) is 35.5 Å². The molecule has 0 aliphatic carbocycles. The van der Waals surface area contributed by atoms with Gasteiger partial charge in [0, 0.05) is 6.42 Å². The molecule has 0 N–H and O–H groups in total. The minimum atomic E-state index is -0.307. The number of hydrogen-bond donors (Lipinski definition) is 0. The van der Waals surface area contributed by atoms with Crippen molar-refractivity contribution >= 4 is 5.97 Å². The molecule has 3 nitrogen and oxygen atoms in total. The van der Waals surface area contributed by atoms with Crippen LogP contribution in [0.25, 0.3) is 0 Å². The summed E-state index contributed by atoms with van der Waals surface area (Å²) in [5.41, 5.74) is 0. The first-order chi connectivity index (χ1) is 6.13. The Morgan fingerprint density at radius 1 is 1.69 bits per heavy atom. The Morgan fingerprint density at radius 2 is 2.38 bits per heavy atom. The number of allylic oxidation sites excluding steroid dienone is 1. The molecule has 1 fully saturated rings. The van der Waals surface area contributed by atoms with Crippen molar-refractivity contribution in [1.29, 1.82) is 0 Å². The number of rotatable bonds is 2. The maximum atomic E-state index is 11.0. The van der Waals surface area contributed by atoms with E-state index in [9.17, 15) is 4.79 Å². The highest BCUT2D eigenvalue weighted by molar-refractivity contribution is 5.82. The molecular weight excluding hydrogens is 168 g/mol. The van der Waals surface area contributed by atoms with Gasteiger partial charge in [0.2, 0.25) is 0 Å². The Kier molecular flexibility index (Phi) is 3.34. The Bertz CT molecular complexity index is 208. The van der Waals surface area contributed by atoms with E-state index in [-0.39, 0.29) is 12.1 Å².